The minimum Gasteiger partial charge on any atom is -0.465 e. The third-order valence-corrected chi connectivity index (χ3v) is 6.85. The fraction of sp³-hybridized carbons (Fsp3) is 0.522. The van der Waals surface area contributed by atoms with Gasteiger partial charge in [-0.1, -0.05) is 38.0 Å². The van der Waals surface area contributed by atoms with E-state index >= 15 is 0 Å². The lowest BCUT2D eigenvalue weighted by atomic mass is 9.90. The fourth-order valence-electron chi connectivity index (χ4n) is 5.24. The summed E-state index contributed by atoms with van der Waals surface area (Å²) in [6, 6.07) is 7.89. The minimum atomic E-state index is -0.266. The van der Waals surface area contributed by atoms with E-state index < -0.39 is 0 Å². The lowest BCUT2D eigenvalue weighted by Crippen LogP contribution is -2.22. The highest BCUT2D eigenvalue weighted by Gasteiger charge is 2.64. The minimum absolute atomic E-state index is 0.0311. The Morgan fingerprint density at radius 2 is 2.14 bits per heavy atom. The van der Waals surface area contributed by atoms with Gasteiger partial charge in [-0.15, -0.1) is 0 Å². The quantitative estimate of drug-likeness (QED) is 0.459. The van der Waals surface area contributed by atoms with Crippen LogP contribution in [0.2, 0.25) is 0 Å². The molecule has 1 N–H and O–H groups in total. The van der Waals surface area contributed by atoms with Crippen LogP contribution in [0.4, 0.5) is 0 Å². The van der Waals surface area contributed by atoms with Crippen LogP contribution in [0.15, 0.2) is 29.4 Å². The molecule has 0 radical (unpaired) electrons. The van der Waals surface area contributed by atoms with E-state index in [0.29, 0.717) is 12.5 Å². The molecule has 0 aliphatic heterocycles. The van der Waals surface area contributed by atoms with E-state index in [1.807, 2.05) is 35.8 Å². The number of ether oxygens (including phenoxy) is 1. The topological polar surface area (TPSA) is 72.7 Å². The zero-order chi connectivity index (χ0) is 20.6. The van der Waals surface area contributed by atoms with Crippen molar-refractivity contribution < 1.29 is 14.3 Å². The molecular weight excluding hydrogens is 366 g/mol. The van der Waals surface area contributed by atoms with Crippen molar-refractivity contribution in [3.8, 4) is 0 Å². The van der Waals surface area contributed by atoms with E-state index in [4.69, 9.17) is 4.74 Å². The van der Waals surface area contributed by atoms with Crippen molar-refractivity contribution in [3.05, 3.63) is 35.5 Å². The van der Waals surface area contributed by atoms with Gasteiger partial charge < -0.3 is 9.30 Å². The SMILES string of the molecule is CCOC(=O)Cn1c(C)c(/C=N\NC(=O)[C@@H]2[C@@H]3CCCC[C@@]23C)c2ccccc21. The number of esters is 1. The van der Waals surface area contributed by atoms with Crippen LogP contribution in [0.5, 0.6) is 0 Å². The van der Waals surface area contributed by atoms with Crippen LogP contribution in [0.25, 0.3) is 10.9 Å². The van der Waals surface area contributed by atoms with Crippen molar-refractivity contribution in [2.45, 2.75) is 53.0 Å². The second-order valence-corrected chi connectivity index (χ2v) is 8.48. The Hall–Kier alpha value is -2.63. The van der Waals surface area contributed by atoms with Crippen molar-refractivity contribution >= 4 is 29.0 Å². The number of amides is 1. The third kappa shape index (κ3) is 3.45. The second-order valence-electron chi connectivity index (χ2n) is 8.48. The van der Waals surface area contributed by atoms with Gasteiger partial charge in [0.05, 0.1) is 12.8 Å². The van der Waals surface area contributed by atoms with E-state index in [9.17, 15) is 9.59 Å². The van der Waals surface area contributed by atoms with Crippen LogP contribution in [0.1, 0.15) is 50.8 Å². The predicted octanol–water partition coefficient (Wildman–Crippen LogP) is 3.79. The Kier molecular flexibility index (Phi) is 5.19. The molecule has 0 spiro atoms. The molecule has 4 rings (SSSR count). The first-order chi connectivity index (χ1) is 14.0. The van der Waals surface area contributed by atoms with Crippen molar-refractivity contribution in [2.24, 2.45) is 22.4 Å². The number of carbonyl (C=O) groups is 2. The first-order valence-electron chi connectivity index (χ1n) is 10.5. The van der Waals surface area contributed by atoms with E-state index in [1.165, 1.54) is 12.8 Å². The van der Waals surface area contributed by atoms with Crippen LogP contribution in [0.3, 0.4) is 0 Å². The standard InChI is InChI=1S/C23H29N3O3/c1-4-29-20(27)14-26-15(2)17(16-9-5-6-11-19(16)26)13-24-25-22(28)21-18-10-7-8-12-23(18,21)3/h5-6,9,11,13,18,21H,4,7-8,10,12,14H2,1-3H3,(H,25,28)/b24-13-/t18-,21-,23+/m0/s1. The molecule has 2 fully saturated rings. The molecule has 6 heteroatoms. The summed E-state index contributed by atoms with van der Waals surface area (Å²) in [6.45, 7) is 6.51. The number of hydrogen-bond acceptors (Lipinski definition) is 4. The largest absolute Gasteiger partial charge is 0.465 e. The molecule has 6 nitrogen and oxygen atoms in total. The number of hydrazone groups is 1. The molecule has 0 unspecified atom stereocenters. The number of hydrogen-bond donors (Lipinski definition) is 1. The summed E-state index contributed by atoms with van der Waals surface area (Å²) in [6.07, 6.45) is 6.44. The second kappa shape index (κ2) is 7.65. The average Bonchev–Trinajstić information content (AvgIpc) is 3.26. The van der Waals surface area contributed by atoms with Crippen molar-refractivity contribution in [2.75, 3.05) is 6.61 Å². The van der Waals surface area contributed by atoms with Gasteiger partial charge in [-0.05, 0) is 44.1 Å². The van der Waals surface area contributed by atoms with Gasteiger partial charge in [0, 0.05) is 28.1 Å². The van der Waals surface area contributed by atoms with Crippen LogP contribution in [-0.2, 0) is 20.9 Å². The summed E-state index contributed by atoms with van der Waals surface area (Å²) >= 11 is 0. The number of nitrogens with one attached hydrogen (secondary N) is 1. The highest BCUT2D eigenvalue weighted by molar-refractivity contribution is 6.01. The van der Waals surface area contributed by atoms with Gasteiger partial charge in [0.2, 0.25) is 5.91 Å². The normalized spacial score (nSPS) is 25.8. The van der Waals surface area contributed by atoms with E-state index in [1.54, 1.807) is 13.1 Å². The molecule has 2 aliphatic carbocycles. The van der Waals surface area contributed by atoms with Gasteiger partial charge in [0.25, 0.3) is 0 Å². The third-order valence-electron chi connectivity index (χ3n) is 6.85. The van der Waals surface area contributed by atoms with Crippen LogP contribution >= 0.6 is 0 Å². The summed E-state index contributed by atoms with van der Waals surface area (Å²) < 4.78 is 7.05. The summed E-state index contributed by atoms with van der Waals surface area (Å²) in [5, 5.41) is 5.28. The maximum absolute atomic E-state index is 12.6. The fourth-order valence-corrected chi connectivity index (χ4v) is 5.24. The Morgan fingerprint density at radius 3 is 2.86 bits per heavy atom. The molecule has 2 aliphatic rings. The maximum Gasteiger partial charge on any atom is 0.325 e. The Labute approximate surface area is 171 Å². The van der Waals surface area contributed by atoms with E-state index in [-0.39, 0.29) is 29.8 Å². The highest BCUT2D eigenvalue weighted by Crippen LogP contribution is 2.66. The van der Waals surface area contributed by atoms with Gasteiger partial charge in [-0.3, -0.25) is 9.59 Å². The molecular formula is C23H29N3O3. The van der Waals surface area contributed by atoms with Crippen molar-refractivity contribution in [3.63, 3.8) is 0 Å². The molecule has 29 heavy (non-hydrogen) atoms. The van der Waals surface area contributed by atoms with Crippen LogP contribution < -0.4 is 5.43 Å². The molecule has 2 saturated carbocycles. The molecule has 1 aromatic heterocycles. The number of para-hydroxylation sites is 1. The van der Waals surface area contributed by atoms with Crippen molar-refractivity contribution in [1.29, 1.82) is 0 Å². The number of rotatable bonds is 6. The molecule has 1 heterocycles. The summed E-state index contributed by atoms with van der Waals surface area (Å²) in [5.74, 6) is 0.370. The lowest BCUT2D eigenvalue weighted by molar-refractivity contribution is -0.143. The van der Waals surface area contributed by atoms with Gasteiger partial charge >= 0.3 is 5.97 Å². The molecule has 1 amide bonds. The van der Waals surface area contributed by atoms with Gasteiger partial charge in [-0.2, -0.15) is 5.10 Å². The zero-order valence-electron chi connectivity index (χ0n) is 17.4. The molecule has 154 valence electrons. The van der Waals surface area contributed by atoms with Crippen LogP contribution in [0, 0.1) is 24.2 Å². The highest BCUT2D eigenvalue weighted by atomic mass is 16.5. The monoisotopic (exact) mass is 395 g/mol. The Balaban J connectivity index is 1.53. The van der Waals surface area contributed by atoms with Crippen molar-refractivity contribution in [1.82, 2.24) is 9.99 Å². The summed E-state index contributed by atoms with van der Waals surface area (Å²) in [7, 11) is 0. The lowest BCUT2D eigenvalue weighted by Gasteiger charge is -2.15. The smallest absolute Gasteiger partial charge is 0.325 e. The summed E-state index contributed by atoms with van der Waals surface area (Å²) in [5.41, 5.74) is 5.71. The molecule has 0 saturated heterocycles. The average molecular weight is 396 g/mol. The van der Waals surface area contributed by atoms with E-state index in [0.717, 1.165) is 35.0 Å². The predicted molar refractivity (Wildman–Crippen MR) is 113 cm³/mol. The van der Waals surface area contributed by atoms with Crippen LogP contribution in [-0.4, -0.2) is 29.3 Å². The summed E-state index contributed by atoms with van der Waals surface area (Å²) in [4.78, 5) is 24.7. The maximum atomic E-state index is 12.6. The van der Waals surface area contributed by atoms with Gasteiger partial charge in [0.1, 0.15) is 6.54 Å². The number of nitrogens with zero attached hydrogens (tertiary/aromatic N) is 2. The first kappa shape index (κ1) is 19.7. The number of fused-ring (bicyclic) bond motifs is 2. The number of benzene rings is 1. The Bertz CT molecular complexity index is 977. The Morgan fingerprint density at radius 1 is 1.34 bits per heavy atom. The first-order valence-corrected chi connectivity index (χ1v) is 10.5. The molecule has 3 atom stereocenters. The van der Waals surface area contributed by atoms with Gasteiger partial charge in [0.15, 0.2) is 0 Å². The zero-order valence-corrected chi connectivity index (χ0v) is 17.4. The van der Waals surface area contributed by atoms with E-state index in [2.05, 4.69) is 17.5 Å². The number of aromatic nitrogens is 1. The molecule has 0 bridgehead atoms. The number of carbonyl (C=O) groups excluding carboxylic acids is 2. The van der Waals surface area contributed by atoms with Gasteiger partial charge in [-0.25, -0.2) is 5.43 Å². The molecule has 1 aromatic carbocycles. The molecule has 2 aromatic rings.